The highest BCUT2D eigenvalue weighted by molar-refractivity contribution is 5.94. The maximum atomic E-state index is 12.6. The summed E-state index contributed by atoms with van der Waals surface area (Å²) < 4.78 is 5.59. The number of benzene rings is 1. The van der Waals surface area contributed by atoms with Crippen LogP contribution in [-0.2, 0) is 11.3 Å². The molecule has 4 heteroatoms. The van der Waals surface area contributed by atoms with Gasteiger partial charge in [-0.3, -0.25) is 4.79 Å². The molecule has 1 aromatic rings. The SMILES string of the molecule is CNCCC1CCN(C(=O)c2ccc(COC(C)C)cc2)CC1. The van der Waals surface area contributed by atoms with Crippen molar-refractivity contribution >= 4 is 5.91 Å². The van der Waals surface area contributed by atoms with Gasteiger partial charge in [-0.15, -0.1) is 0 Å². The van der Waals surface area contributed by atoms with E-state index in [9.17, 15) is 4.79 Å². The fourth-order valence-corrected chi connectivity index (χ4v) is 2.96. The lowest BCUT2D eigenvalue weighted by Crippen LogP contribution is -2.38. The van der Waals surface area contributed by atoms with Crippen LogP contribution in [0.15, 0.2) is 24.3 Å². The molecule has 0 radical (unpaired) electrons. The molecule has 0 spiro atoms. The Kier molecular flexibility index (Phi) is 7.06. The zero-order chi connectivity index (χ0) is 16.7. The summed E-state index contributed by atoms with van der Waals surface area (Å²) in [5, 5.41) is 3.21. The third-order valence-corrected chi connectivity index (χ3v) is 4.49. The molecule has 1 saturated heterocycles. The third-order valence-electron chi connectivity index (χ3n) is 4.49. The van der Waals surface area contributed by atoms with E-state index in [2.05, 4.69) is 5.32 Å². The van der Waals surface area contributed by atoms with E-state index in [4.69, 9.17) is 4.74 Å². The van der Waals surface area contributed by atoms with Crippen molar-refractivity contribution in [1.29, 1.82) is 0 Å². The minimum atomic E-state index is 0.161. The fraction of sp³-hybridized carbons (Fsp3) is 0.632. The lowest BCUT2D eigenvalue weighted by Gasteiger charge is -2.32. The van der Waals surface area contributed by atoms with Crippen LogP contribution < -0.4 is 5.32 Å². The fourth-order valence-electron chi connectivity index (χ4n) is 2.96. The van der Waals surface area contributed by atoms with Crippen LogP contribution in [0.2, 0.25) is 0 Å². The molecule has 0 aliphatic carbocycles. The molecule has 0 bridgehead atoms. The maximum Gasteiger partial charge on any atom is 0.253 e. The van der Waals surface area contributed by atoms with Gasteiger partial charge in [0.1, 0.15) is 0 Å². The van der Waals surface area contributed by atoms with Crippen LogP contribution in [-0.4, -0.2) is 43.6 Å². The number of likely N-dealkylation sites (tertiary alicyclic amines) is 1. The average Bonchev–Trinajstić information content (AvgIpc) is 2.58. The van der Waals surface area contributed by atoms with Gasteiger partial charge in [-0.25, -0.2) is 0 Å². The normalized spacial score (nSPS) is 16.1. The molecule has 4 nitrogen and oxygen atoms in total. The van der Waals surface area contributed by atoms with E-state index < -0.39 is 0 Å². The molecular weight excluding hydrogens is 288 g/mol. The van der Waals surface area contributed by atoms with Gasteiger partial charge in [0.2, 0.25) is 0 Å². The molecule has 1 aliphatic heterocycles. The predicted octanol–water partition coefficient (Wildman–Crippen LogP) is 3.07. The zero-order valence-corrected chi connectivity index (χ0v) is 14.7. The van der Waals surface area contributed by atoms with E-state index in [1.807, 2.05) is 50.1 Å². The molecule has 0 aromatic heterocycles. The summed E-state index contributed by atoms with van der Waals surface area (Å²) in [6.45, 7) is 7.48. The van der Waals surface area contributed by atoms with Gasteiger partial charge in [0, 0.05) is 18.7 Å². The number of hydrogen-bond donors (Lipinski definition) is 1. The van der Waals surface area contributed by atoms with Crippen molar-refractivity contribution in [2.45, 2.75) is 45.8 Å². The minimum absolute atomic E-state index is 0.161. The standard InChI is InChI=1S/C19H30N2O2/c1-15(2)23-14-17-4-6-18(7-5-17)19(22)21-12-9-16(10-13-21)8-11-20-3/h4-7,15-16,20H,8-14H2,1-3H3. The van der Waals surface area contributed by atoms with Crippen molar-refractivity contribution in [2.75, 3.05) is 26.7 Å². The number of nitrogens with zero attached hydrogens (tertiary/aromatic N) is 1. The second-order valence-electron chi connectivity index (χ2n) is 6.68. The molecule has 128 valence electrons. The number of nitrogens with one attached hydrogen (secondary N) is 1. The Bertz CT molecular complexity index is 477. The first-order valence-corrected chi connectivity index (χ1v) is 8.74. The highest BCUT2D eigenvalue weighted by Gasteiger charge is 2.23. The Balaban J connectivity index is 1.84. The summed E-state index contributed by atoms with van der Waals surface area (Å²) >= 11 is 0. The number of rotatable bonds is 7. The largest absolute Gasteiger partial charge is 0.374 e. The minimum Gasteiger partial charge on any atom is -0.374 e. The van der Waals surface area contributed by atoms with Crippen LogP contribution in [0, 0.1) is 5.92 Å². The van der Waals surface area contributed by atoms with Gasteiger partial charge in [-0.05, 0) is 70.3 Å². The Hall–Kier alpha value is -1.39. The van der Waals surface area contributed by atoms with Crippen molar-refractivity contribution < 1.29 is 9.53 Å². The highest BCUT2D eigenvalue weighted by Crippen LogP contribution is 2.21. The molecule has 23 heavy (non-hydrogen) atoms. The van der Waals surface area contributed by atoms with Crippen molar-refractivity contribution in [2.24, 2.45) is 5.92 Å². The third kappa shape index (κ3) is 5.63. The van der Waals surface area contributed by atoms with Gasteiger partial charge in [0.25, 0.3) is 5.91 Å². The average molecular weight is 318 g/mol. The van der Waals surface area contributed by atoms with Gasteiger partial charge >= 0.3 is 0 Å². The molecule has 0 unspecified atom stereocenters. The van der Waals surface area contributed by atoms with Crippen LogP contribution in [0.1, 0.15) is 49.0 Å². The number of piperidine rings is 1. The van der Waals surface area contributed by atoms with Crippen LogP contribution >= 0.6 is 0 Å². The van der Waals surface area contributed by atoms with Gasteiger partial charge in [0.05, 0.1) is 12.7 Å². The number of ether oxygens (including phenoxy) is 1. The summed E-state index contributed by atoms with van der Waals surface area (Å²) in [6, 6.07) is 7.84. The van der Waals surface area contributed by atoms with Crippen molar-refractivity contribution in [3.63, 3.8) is 0 Å². The summed E-state index contributed by atoms with van der Waals surface area (Å²) in [5.74, 6) is 0.912. The summed E-state index contributed by atoms with van der Waals surface area (Å²) in [5.41, 5.74) is 1.90. The smallest absolute Gasteiger partial charge is 0.253 e. The number of carbonyl (C=O) groups is 1. The van der Waals surface area contributed by atoms with Crippen LogP contribution in [0.3, 0.4) is 0 Å². The first-order valence-electron chi connectivity index (χ1n) is 8.74. The second-order valence-corrected chi connectivity index (χ2v) is 6.68. The van der Waals surface area contributed by atoms with E-state index in [0.717, 1.165) is 49.5 Å². The molecular formula is C19H30N2O2. The van der Waals surface area contributed by atoms with Gasteiger partial charge in [0.15, 0.2) is 0 Å². The molecule has 1 aromatic carbocycles. The molecule has 0 saturated carbocycles. The lowest BCUT2D eigenvalue weighted by atomic mass is 9.93. The van der Waals surface area contributed by atoms with Crippen molar-refractivity contribution in [1.82, 2.24) is 10.2 Å². The molecule has 1 aliphatic rings. The predicted molar refractivity (Wildman–Crippen MR) is 93.5 cm³/mol. The topological polar surface area (TPSA) is 41.6 Å². The number of carbonyl (C=O) groups excluding carboxylic acids is 1. The zero-order valence-electron chi connectivity index (χ0n) is 14.7. The molecule has 1 N–H and O–H groups in total. The molecule has 1 fully saturated rings. The summed E-state index contributed by atoms with van der Waals surface area (Å²) in [6.07, 6.45) is 3.67. The van der Waals surface area contributed by atoms with Gasteiger partial charge < -0.3 is 15.0 Å². The first-order chi connectivity index (χ1) is 11.1. The first kappa shape index (κ1) is 18.0. The summed E-state index contributed by atoms with van der Waals surface area (Å²) in [7, 11) is 1.99. The molecule has 0 atom stereocenters. The number of amides is 1. The van der Waals surface area contributed by atoms with E-state index in [1.165, 1.54) is 6.42 Å². The van der Waals surface area contributed by atoms with E-state index >= 15 is 0 Å². The Morgan fingerprint density at radius 2 is 1.91 bits per heavy atom. The maximum absolute atomic E-state index is 12.6. The van der Waals surface area contributed by atoms with E-state index in [-0.39, 0.29) is 12.0 Å². The molecule has 1 amide bonds. The monoisotopic (exact) mass is 318 g/mol. The van der Waals surface area contributed by atoms with E-state index in [1.54, 1.807) is 0 Å². The quantitative estimate of drug-likeness (QED) is 0.840. The van der Waals surface area contributed by atoms with Crippen molar-refractivity contribution in [3.8, 4) is 0 Å². The number of hydrogen-bond acceptors (Lipinski definition) is 3. The second kappa shape index (κ2) is 9.04. The molecule has 1 heterocycles. The van der Waals surface area contributed by atoms with E-state index in [0.29, 0.717) is 6.61 Å². The summed E-state index contributed by atoms with van der Waals surface area (Å²) in [4.78, 5) is 14.6. The Morgan fingerprint density at radius 1 is 1.26 bits per heavy atom. The van der Waals surface area contributed by atoms with Crippen LogP contribution in [0.5, 0.6) is 0 Å². The van der Waals surface area contributed by atoms with Gasteiger partial charge in [-0.2, -0.15) is 0 Å². The van der Waals surface area contributed by atoms with Gasteiger partial charge in [-0.1, -0.05) is 12.1 Å². The van der Waals surface area contributed by atoms with Crippen LogP contribution in [0.25, 0.3) is 0 Å². The molecule has 2 rings (SSSR count). The Morgan fingerprint density at radius 3 is 2.48 bits per heavy atom. The van der Waals surface area contributed by atoms with Crippen LogP contribution in [0.4, 0.5) is 0 Å². The van der Waals surface area contributed by atoms with Crippen molar-refractivity contribution in [3.05, 3.63) is 35.4 Å². The highest BCUT2D eigenvalue weighted by atomic mass is 16.5. The Labute approximate surface area is 140 Å². The lowest BCUT2D eigenvalue weighted by molar-refractivity contribution is 0.0653.